The molecule has 1 N–H and O–H groups in total. The summed E-state index contributed by atoms with van der Waals surface area (Å²) in [6.07, 6.45) is -3.86. The van der Waals surface area contributed by atoms with Crippen molar-refractivity contribution in [2.45, 2.75) is 12.8 Å². The normalized spacial score (nSPS) is 10.4. The average molecular weight is 262 g/mol. The van der Waals surface area contributed by atoms with E-state index in [1.807, 2.05) is 0 Å². The topological polar surface area (TPSA) is 102 Å². The van der Waals surface area contributed by atoms with Crippen LogP contribution in [0.3, 0.4) is 0 Å². The Balaban J connectivity index is 3.45. The second-order valence-electron chi connectivity index (χ2n) is 3.22. The van der Waals surface area contributed by atoms with Crippen molar-refractivity contribution in [3.63, 3.8) is 0 Å². The third-order valence-corrected chi connectivity index (χ3v) is 2.12. The van der Waals surface area contributed by atoms with Crippen molar-refractivity contribution < 1.29 is 23.2 Å². The van der Waals surface area contributed by atoms with Gasteiger partial charge in [-0.25, -0.2) is 8.78 Å². The van der Waals surface area contributed by atoms with Crippen LogP contribution in [0, 0.1) is 10.1 Å². The monoisotopic (exact) mass is 262 g/mol. The third kappa shape index (κ3) is 2.87. The first-order valence-corrected chi connectivity index (χ1v) is 4.62. The van der Waals surface area contributed by atoms with E-state index in [2.05, 4.69) is 4.74 Å². The Hall–Kier alpha value is -2.32. The van der Waals surface area contributed by atoms with Crippen molar-refractivity contribution >= 4 is 11.7 Å². The quantitative estimate of drug-likeness (QED) is 0.494. The number of H-pyrrole nitrogens is 1. The fourth-order valence-corrected chi connectivity index (χ4v) is 1.34. The van der Waals surface area contributed by atoms with Gasteiger partial charge in [0.05, 0.1) is 35.8 Å². The van der Waals surface area contributed by atoms with Crippen LogP contribution in [0.2, 0.25) is 0 Å². The zero-order chi connectivity index (χ0) is 13.9. The zero-order valence-corrected chi connectivity index (χ0v) is 9.11. The minimum absolute atomic E-state index is 0.546. The summed E-state index contributed by atoms with van der Waals surface area (Å²) < 4.78 is 29.6. The molecule has 1 rings (SSSR count). The Morgan fingerprint density at radius 3 is 2.67 bits per heavy atom. The number of nitrogens with one attached hydrogen (secondary N) is 1. The van der Waals surface area contributed by atoms with E-state index in [0.717, 1.165) is 7.11 Å². The molecule has 0 spiro atoms. The van der Waals surface area contributed by atoms with Crippen LogP contribution >= 0.6 is 0 Å². The molecule has 1 heterocycles. The summed E-state index contributed by atoms with van der Waals surface area (Å²) in [4.78, 5) is 33.5. The summed E-state index contributed by atoms with van der Waals surface area (Å²) in [5.74, 6) is -0.924. The first kappa shape index (κ1) is 13.7. The van der Waals surface area contributed by atoms with Gasteiger partial charge in [-0.15, -0.1) is 0 Å². The molecule has 0 saturated carbocycles. The van der Waals surface area contributed by atoms with Crippen LogP contribution in [0.15, 0.2) is 10.9 Å². The Bertz CT molecular complexity index is 540. The maximum Gasteiger partial charge on any atom is 0.310 e. The predicted molar refractivity (Wildman–Crippen MR) is 54.4 cm³/mol. The molecule has 0 radical (unpaired) electrons. The molecule has 0 aromatic carbocycles. The highest BCUT2D eigenvalue weighted by atomic mass is 19.3. The van der Waals surface area contributed by atoms with Gasteiger partial charge in [-0.2, -0.15) is 0 Å². The molecule has 98 valence electrons. The Labute approximate surface area is 98.5 Å². The highest BCUT2D eigenvalue weighted by molar-refractivity contribution is 5.74. The maximum atomic E-state index is 12.7. The van der Waals surface area contributed by atoms with Gasteiger partial charge in [-0.1, -0.05) is 0 Å². The van der Waals surface area contributed by atoms with Crippen molar-refractivity contribution in [3.05, 3.63) is 37.8 Å². The number of halogens is 2. The lowest BCUT2D eigenvalue weighted by molar-refractivity contribution is -0.385. The number of carbonyl (C=O) groups is 1. The first-order valence-electron chi connectivity index (χ1n) is 4.62. The number of aromatic nitrogens is 1. The molecule has 0 unspecified atom stereocenters. The summed E-state index contributed by atoms with van der Waals surface area (Å²) in [7, 11) is 1.02. The standard InChI is InChI=1S/C9H8F2N2O5/c1-18-7(15)2-4-5(13(16)17)3-6(14)12-8(4)9(10)11/h3,9H,2H2,1H3,(H,12,14). The highest BCUT2D eigenvalue weighted by Gasteiger charge is 2.26. The fourth-order valence-electron chi connectivity index (χ4n) is 1.34. The minimum atomic E-state index is -3.14. The number of carbonyl (C=O) groups excluding carboxylic acids is 1. The molecule has 0 aliphatic carbocycles. The van der Waals surface area contributed by atoms with Gasteiger partial charge in [0.25, 0.3) is 17.7 Å². The second kappa shape index (κ2) is 5.34. The lowest BCUT2D eigenvalue weighted by Crippen LogP contribution is -2.17. The summed E-state index contributed by atoms with van der Waals surface area (Å²) in [6, 6.07) is 0.546. The molecule has 0 aliphatic heterocycles. The lowest BCUT2D eigenvalue weighted by atomic mass is 10.1. The Kier molecular flexibility index (Phi) is 4.08. The molecule has 18 heavy (non-hydrogen) atoms. The van der Waals surface area contributed by atoms with Gasteiger partial charge in [0, 0.05) is 0 Å². The van der Waals surface area contributed by atoms with Crippen molar-refractivity contribution in [1.29, 1.82) is 0 Å². The smallest absolute Gasteiger partial charge is 0.310 e. The number of alkyl halides is 2. The largest absolute Gasteiger partial charge is 0.469 e. The van der Waals surface area contributed by atoms with Crippen molar-refractivity contribution in [2.75, 3.05) is 7.11 Å². The number of hydrogen-bond acceptors (Lipinski definition) is 5. The number of nitro groups is 1. The van der Waals surface area contributed by atoms with E-state index in [1.165, 1.54) is 0 Å². The molecule has 0 atom stereocenters. The average Bonchev–Trinajstić information content (AvgIpc) is 2.29. The number of aromatic amines is 1. The van der Waals surface area contributed by atoms with Crippen molar-refractivity contribution in [2.24, 2.45) is 0 Å². The molecule has 9 heteroatoms. The van der Waals surface area contributed by atoms with E-state index in [1.54, 1.807) is 4.98 Å². The van der Waals surface area contributed by atoms with E-state index < -0.39 is 46.2 Å². The summed E-state index contributed by atoms with van der Waals surface area (Å²) in [5.41, 5.74) is -3.37. The van der Waals surface area contributed by atoms with Crippen LogP contribution in [0.4, 0.5) is 14.5 Å². The number of esters is 1. The molecule has 0 saturated heterocycles. The zero-order valence-electron chi connectivity index (χ0n) is 9.11. The van der Waals surface area contributed by atoms with E-state index >= 15 is 0 Å². The Morgan fingerprint density at radius 1 is 1.61 bits per heavy atom. The van der Waals surface area contributed by atoms with E-state index in [4.69, 9.17) is 0 Å². The number of nitrogens with zero attached hydrogens (tertiary/aromatic N) is 1. The van der Waals surface area contributed by atoms with E-state index in [-0.39, 0.29) is 0 Å². The first-order chi connectivity index (χ1) is 8.36. The van der Waals surface area contributed by atoms with Crippen LogP contribution in [0.1, 0.15) is 17.7 Å². The molecular weight excluding hydrogens is 254 g/mol. The summed E-state index contributed by atoms with van der Waals surface area (Å²) >= 11 is 0. The molecular formula is C9H8F2N2O5. The molecule has 0 fully saturated rings. The minimum Gasteiger partial charge on any atom is -0.469 e. The molecule has 1 aromatic rings. The lowest BCUT2D eigenvalue weighted by Gasteiger charge is -2.07. The molecule has 0 amide bonds. The molecule has 7 nitrogen and oxygen atoms in total. The highest BCUT2D eigenvalue weighted by Crippen LogP contribution is 2.27. The van der Waals surface area contributed by atoms with Gasteiger partial charge in [0.15, 0.2) is 0 Å². The van der Waals surface area contributed by atoms with Crippen molar-refractivity contribution in [1.82, 2.24) is 4.98 Å². The van der Waals surface area contributed by atoms with Crippen LogP contribution in [0.25, 0.3) is 0 Å². The SMILES string of the molecule is COC(=O)Cc1c([N+](=O)[O-])cc(=O)[nH]c1C(F)F. The maximum absolute atomic E-state index is 12.7. The fraction of sp³-hybridized carbons (Fsp3) is 0.333. The van der Waals surface area contributed by atoms with Crippen molar-refractivity contribution in [3.8, 4) is 0 Å². The van der Waals surface area contributed by atoms with Gasteiger partial charge in [-0.05, 0) is 0 Å². The third-order valence-electron chi connectivity index (χ3n) is 2.12. The number of rotatable bonds is 4. The molecule has 0 aliphatic rings. The van der Waals surface area contributed by atoms with Crippen LogP contribution < -0.4 is 5.56 Å². The summed E-state index contributed by atoms with van der Waals surface area (Å²) in [6.45, 7) is 0. The Morgan fingerprint density at radius 2 is 2.22 bits per heavy atom. The van der Waals surface area contributed by atoms with Crippen LogP contribution in [-0.4, -0.2) is 23.0 Å². The van der Waals surface area contributed by atoms with E-state index in [0.29, 0.717) is 6.07 Å². The van der Waals surface area contributed by atoms with Crippen LogP contribution in [0.5, 0.6) is 0 Å². The van der Waals surface area contributed by atoms with Gasteiger partial charge in [-0.3, -0.25) is 19.7 Å². The summed E-state index contributed by atoms with van der Waals surface area (Å²) in [5, 5.41) is 10.7. The predicted octanol–water partition coefficient (Wildman–Crippen LogP) is 0.936. The molecule has 1 aromatic heterocycles. The number of pyridine rings is 1. The second-order valence-corrected chi connectivity index (χ2v) is 3.22. The van der Waals surface area contributed by atoms with E-state index in [9.17, 15) is 28.5 Å². The number of hydrogen-bond donors (Lipinski definition) is 1. The number of methoxy groups -OCH3 is 1. The van der Waals surface area contributed by atoms with Gasteiger partial charge in [0.2, 0.25) is 0 Å². The number of ether oxygens (including phenoxy) is 1. The van der Waals surface area contributed by atoms with Crippen LogP contribution in [-0.2, 0) is 16.0 Å². The molecule has 0 bridgehead atoms. The van der Waals surface area contributed by atoms with Gasteiger partial charge >= 0.3 is 5.97 Å². The van der Waals surface area contributed by atoms with Gasteiger partial charge in [0.1, 0.15) is 0 Å². The van der Waals surface area contributed by atoms with Gasteiger partial charge < -0.3 is 9.72 Å².